The molecule has 0 aliphatic carbocycles. The molecular weight excluding hydrogens is 208 g/mol. The largest absolute Gasteiger partial charge is 0.357 e. The Morgan fingerprint density at radius 2 is 2.07 bits per heavy atom. The predicted octanol–water partition coefficient (Wildman–Crippen LogP) is 3.72. The lowest BCUT2D eigenvalue weighted by Gasteiger charge is -2.27. The predicted molar refractivity (Wildman–Crippen MR) is 65.6 cm³/mol. The zero-order valence-corrected chi connectivity index (χ0v) is 10.2. The minimum absolute atomic E-state index is 0.145. The number of hydrogen-bond acceptors (Lipinski definition) is 1. The molecule has 0 amide bonds. The number of nitrogens with zero attached hydrogens (tertiary/aromatic N) is 1. The van der Waals surface area contributed by atoms with Crippen molar-refractivity contribution in [1.82, 2.24) is 4.90 Å². The lowest BCUT2D eigenvalue weighted by molar-refractivity contribution is 0.393. The van der Waals surface area contributed by atoms with Crippen LogP contribution in [0.2, 0.25) is 5.02 Å². The molecule has 0 aliphatic rings. The molecule has 0 aliphatic heterocycles. The van der Waals surface area contributed by atoms with Gasteiger partial charge in [0.25, 0.3) is 0 Å². The minimum Gasteiger partial charge on any atom is -0.357 e. The average Bonchev–Trinajstić information content (AvgIpc) is 2.26. The molecule has 0 saturated heterocycles. The number of benzene rings is 1. The van der Waals surface area contributed by atoms with Crippen molar-refractivity contribution in [2.75, 3.05) is 7.05 Å². The van der Waals surface area contributed by atoms with Crippen molar-refractivity contribution in [3.8, 4) is 0 Å². The van der Waals surface area contributed by atoms with Crippen LogP contribution in [0.5, 0.6) is 0 Å². The van der Waals surface area contributed by atoms with Gasteiger partial charge in [-0.3, -0.25) is 5.41 Å². The molecule has 0 radical (unpaired) electrons. The zero-order valence-electron chi connectivity index (χ0n) is 9.42. The first kappa shape index (κ1) is 12.1. The van der Waals surface area contributed by atoms with Crippen LogP contribution in [-0.2, 0) is 0 Å². The lowest BCUT2D eigenvalue weighted by Crippen LogP contribution is -2.28. The summed E-state index contributed by atoms with van der Waals surface area (Å²) in [6.45, 7) is 4.05. The van der Waals surface area contributed by atoms with E-state index in [2.05, 4.69) is 6.92 Å². The Hall–Kier alpha value is -1.02. The highest BCUT2D eigenvalue weighted by Gasteiger charge is 2.15. The third-order valence-corrected chi connectivity index (χ3v) is 3.04. The van der Waals surface area contributed by atoms with Gasteiger partial charge in [-0.05, 0) is 18.6 Å². The molecule has 3 heteroatoms. The Labute approximate surface area is 96.4 Å². The Bertz CT molecular complexity index is 349. The highest BCUT2D eigenvalue weighted by atomic mass is 35.5. The van der Waals surface area contributed by atoms with Crippen LogP contribution in [0.15, 0.2) is 24.3 Å². The first-order valence-corrected chi connectivity index (χ1v) is 5.50. The van der Waals surface area contributed by atoms with Crippen LogP contribution in [0.25, 0.3) is 0 Å². The fourth-order valence-electron chi connectivity index (χ4n) is 1.51. The van der Waals surface area contributed by atoms with Gasteiger partial charge in [0.15, 0.2) is 0 Å². The maximum atomic E-state index is 7.78. The monoisotopic (exact) mass is 224 g/mol. The third kappa shape index (κ3) is 2.72. The zero-order chi connectivity index (χ0) is 11.4. The Morgan fingerprint density at radius 3 is 2.60 bits per heavy atom. The van der Waals surface area contributed by atoms with Gasteiger partial charge >= 0.3 is 0 Å². The summed E-state index contributed by atoms with van der Waals surface area (Å²) in [6.07, 6.45) is 0.741. The molecular formula is C12H17ClN2. The van der Waals surface area contributed by atoms with Crippen molar-refractivity contribution in [1.29, 1.82) is 5.41 Å². The average molecular weight is 225 g/mol. The third-order valence-electron chi connectivity index (χ3n) is 2.70. The maximum Gasteiger partial charge on any atom is 0.0957 e. The molecule has 1 N–H and O–H groups in total. The van der Waals surface area contributed by atoms with Gasteiger partial charge in [0.05, 0.1) is 11.9 Å². The van der Waals surface area contributed by atoms with Crippen LogP contribution in [0, 0.1) is 5.41 Å². The summed E-state index contributed by atoms with van der Waals surface area (Å²) in [6, 6.07) is 7.93. The van der Waals surface area contributed by atoms with Gasteiger partial charge in [0.1, 0.15) is 0 Å². The topological polar surface area (TPSA) is 27.1 Å². The van der Waals surface area contributed by atoms with Gasteiger partial charge in [-0.1, -0.05) is 36.7 Å². The molecule has 82 valence electrons. The van der Waals surface area contributed by atoms with Crippen molar-refractivity contribution in [2.45, 2.75) is 26.3 Å². The number of halogens is 1. The fraction of sp³-hybridized carbons (Fsp3) is 0.417. The van der Waals surface area contributed by atoms with E-state index in [4.69, 9.17) is 17.0 Å². The lowest BCUT2D eigenvalue weighted by atomic mass is 10.1. The van der Waals surface area contributed by atoms with Crippen LogP contribution in [0.4, 0.5) is 0 Å². The Kier molecular flexibility index (Phi) is 4.15. The second-order valence-electron chi connectivity index (χ2n) is 3.61. The van der Waals surface area contributed by atoms with E-state index in [1.165, 1.54) is 0 Å². The molecule has 0 spiro atoms. The molecule has 1 aromatic rings. The highest BCUT2D eigenvalue weighted by Crippen LogP contribution is 2.26. The number of rotatable bonds is 3. The van der Waals surface area contributed by atoms with E-state index in [-0.39, 0.29) is 6.04 Å². The van der Waals surface area contributed by atoms with Crippen molar-refractivity contribution in [3.05, 3.63) is 34.9 Å². The van der Waals surface area contributed by atoms with Crippen LogP contribution < -0.4 is 0 Å². The van der Waals surface area contributed by atoms with Crippen molar-refractivity contribution in [3.63, 3.8) is 0 Å². The van der Waals surface area contributed by atoms with Gasteiger partial charge in [0.2, 0.25) is 0 Å². The Balaban J connectivity index is 2.89. The van der Waals surface area contributed by atoms with Gasteiger partial charge in [0, 0.05) is 18.5 Å². The molecule has 1 atom stereocenters. The summed E-state index contributed by atoms with van der Waals surface area (Å²) in [7, 11) is 1.93. The molecule has 0 saturated carbocycles. The second-order valence-corrected chi connectivity index (χ2v) is 4.02. The van der Waals surface area contributed by atoms with Gasteiger partial charge in [-0.15, -0.1) is 0 Å². The van der Waals surface area contributed by atoms with Crippen LogP contribution >= 0.6 is 11.6 Å². The molecule has 1 rings (SSSR count). The normalized spacial score (nSPS) is 12.3. The molecule has 15 heavy (non-hydrogen) atoms. The van der Waals surface area contributed by atoms with Crippen LogP contribution in [0.3, 0.4) is 0 Å². The number of nitrogens with one attached hydrogen (secondary N) is 1. The molecule has 0 heterocycles. The number of hydrogen-bond donors (Lipinski definition) is 1. The van der Waals surface area contributed by atoms with E-state index >= 15 is 0 Å². The Morgan fingerprint density at radius 1 is 1.47 bits per heavy atom. The smallest absolute Gasteiger partial charge is 0.0957 e. The summed E-state index contributed by atoms with van der Waals surface area (Å²) in [5.74, 6) is 0.627. The van der Waals surface area contributed by atoms with Crippen molar-refractivity contribution < 1.29 is 0 Å². The fourth-order valence-corrected chi connectivity index (χ4v) is 1.80. The van der Waals surface area contributed by atoms with Crippen LogP contribution in [-0.4, -0.2) is 17.8 Å². The van der Waals surface area contributed by atoms with E-state index in [1.54, 1.807) is 0 Å². The summed E-state index contributed by atoms with van der Waals surface area (Å²) in [5, 5.41) is 8.54. The maximum absolute atomic E-state index is 7.78. The van der Waals surface area contributed by atoms with E-state index in [0.29, 0.717) is 5.84 Å². The van der Waals surface area contributed by atoms with Gasteiger partial charge in [-0.2, -0.15) is 0 Å². The summed E-state index contributed by atoms with van der Waals surface area (Å²) in [4.78, 5) is 1.95. The molecule has 1 aromatic carbocycles. The number of amidine groups is 1. The molecule has 1 unspecified atom stereocenters. The van der Waals surface area contributed by atoms with E-state index < -0.39 is 0 Å². The summed E-state index contributed by atoms with van der Waals surface area (Å²) in [5.41, 5.74) is 1.07. The van der Waals surface area contributed by atoms with Crippen molar-refractivity contribution >= 4 is 17.4 Å². The second kappa shape index (κ2) is 5.17. The SMILES string of the molecule is CCC(=N)N(C)C(C)c1ccccc1Cl. The molecule has 0 aromatic heterocycles. The summed E-state index contributed by atoms with van der Waals surface area (Å²) >= 11 is 6.11. The van der Waals surface area contributed by atoms with Crippen LogP contribution in [0.1, 0.15) is 31.9 Å². The van der Waals surface area contributed by atoms with E-state index in [0.717, 1.165) is 17.0 Å². The molecule has 2 nitrogen and oxygen atoms in total. The van der Waals surface area contributed by atoms with Gasteiger partial charge in [-0.25, -0.2) is 0 Å². The van der Waals surface area contributed by atoms with E-state index in [9.17, 15) is 0 Å². The van der Waals surface area contributed by atoms with E-state index in [1.807, 2.05) is 43.1 Å². The molecule has 0 fully saturated rings. The highest BCUT2D eigenvalue weighted by molar-refractivity contribution is 6.31. The van der Waals surface area contributed by atoms with Crippen molar-refractivity contribution in [2.24, 2.45) is 0 Å². The minimum atomic E-state index is 0.145. The quantitative estimate of drug-likeness (QED) is 0.615. The molecule has 0 bridgehead atoms. The first-order chi connectivity index (χ1) is 7.07. The van der Waals surface area contributed by atoms with Gasteiger partial charge < -0.3 is 4.90 Å². The summed E-state index contributed by atoms with van der Waals surface area (Å²) < 4.78 is 0. The first-order valence-electron chi connectivity index (χ1n) is 5.12. The standard InChI is InChI=1S/C12H17ClN2/c1-4-12(14)15(3)9(2)10-7-5-6-8-11(10)13/h5-9,14H,4H2,1-3H3.